The van der Waals surface area contributed by atoms with Gasteiger partial charge in [0.05, 0.1) is 11.7 Å². The molecule has 1 aromatic carbocycles. The number of carbonyl (C=O) groups is 1. The summed E-state index contributed by atoms with van der Waals surface area (Å²) < 4.78 is 0. The second-order valence-corrected chi connectivity index (χ2v) is 8.26. The molecule has 3 aromatic rings. The number of benzene rings is 1. The van der Waals surface area contributed by atoms with Crippen molar-refractivity contribution in [3.05, 3.63) is 68.9 Å². The molecule has 1 saturated heterocycles. The van der Waals surface area contributed by atoms with Crippen molar-refractivity contribution < 1.29 is 4.79 Å². The molecule has 3 heterocycles. The van der Waals surface area contributed by atoms with Gasteiger partial charge in [0, 0.05) is 48.9 Å². The number of likely N-dealkylation sites (tertiary alicyclic amines) is 1. The van der Waals surface area contributed by atoms with E-state index in [-0.39, 0.29) is 17.5 Å². The monoisotopic (exact) mass is 408 g/mol. The number of rotatable bonds is 4. The van der Waals surface area contributed by atoms with Crippen molar-refractivity contribution in [2.75, 3.05) is 25.5 Å². The third-order valence-electron chi connectivity index (χ3n) is 5.29. The maximum Gasteiger partial charge on any atom is 0.254 e. The van der Waals surface area contributed by atoms with Crippen molar-refractivity contribution >= 4 is 22.9 Å². The van der Waals surface area contributed by atoms with Gasteiger partial charge in [-0.15, -0.1) is 0 Å². The number of carbonyl (C=O) groups excluding carboxylic acids is 1. The average Bonchev–Trinajstić information content (AvgIpc) is 3.28. The number of amides is 1. The van der Waals surface area contributed by atoms with Gasteiger partial charge in [0.25, 0.3) is 11.5 Å². The Morgan fingerprint density at radius 1 is 1.21 bits per heavy atom. The molecule has 1 aliphatic heterocycles. The van der Waals surface area contributed by atoms with Crippen molar-refractivity contribution in [1.82, 2.24) is 14.9 Å². The smallest absolute Gasteiger partial charge is 0.254 e. The molecular weight excluding hydrogens is 384 g/mol. The first-order chi connectivity index (χ1) is 14.0. The minimum atomic E-state index is -0.226. The molecule has 6 nitrogen and oxygen atoms in total. The lowest BCUT2D eigenvalue weighted by atomic mass is 9.99. The van der Waals surface area contributed by atoms with Crippen molar-refractivity contribution in [3.63, 3.8) is 0 Å². The predicted molar refractivity (Wildman–Crippen MR) is 117 cm³/mol. The van der Waals surface area contributed by atoms with Crippen LogP contribution in [0, 0.1) is 0 Å². The van der Waals surface area contributed by atoms with E-state index in [9.17, 15) is 9.59 Å². The summed E-state index contributed by atoms with van der Waals surface area (Å²) in [6.45, 7) is 0.658. The summed E-state index contributed by atoms with van der Waals surface area (Å²) in [5.41, 5.74) is 3.09. The van der Waals surface area contributed by atoms with Gasteiger partial charge in [-0.05, 0) is 55.0 Å². The summed E-state index contributed by atoms with van der Waals surface area (Å²) in [6, 6.07) is 10.9. The minimum Gasteiger partial charge on any atom is -0.378 e. The molecule has 1 aliphatic rings. The zero-order valence-electron chi connectivity index (χ0n) is 16.6. The second kappa shape index (κ2) is 8.21. The average molecular weight is 409 g/mol. The van der Waals surface area contributed by atoms with Gasteiger partial charge in [-0.25, -0.2) is 4.98 Å². The van der Waals surface area contributed by atoms with Crippen LogP contribution in [0.25, 0.3) is 11.3 Å². The quantitative estimate of drug-likeness (QED) is 0.710. The fourth-order valence-electron chi connectivity index (χ4n) is 3.72. The Morgan fingerprint density at radius 2 is 2.00 bits per heavy atom. The number of nitrogens with one attached hydrogen (secondary N) is 1. The topological polar surface area (TPSA) is 69.3 Å². The van der Waals surface area contributed by atoms with E-state index in [1.807, 2.05) is 65.0 Å². The third kappa shape index (κ3) is 4.10. The Hall–Kier alpha value is -2.93. The van der Waals surface area contributed by atoms with E-state index in [1.165, 1.54) is 6.07 Å². The molecule has 1 unspecified atom stereocenters. The lowest BCUT2D eigenvalue weighted by Gasteiger charge is -2.35. The predicted octanol–water partition coefficient (Wildman–Crippen LogP) is 3.93. The highest BCUT2D eigenvalue weighted by Crippen LogP contribution is 2.31. The van der Waals surface area contributed by atoms with E-state index >= 15 is 0 Å². The number of thiophene rings is 1. The zero-order valence-corrected chi connectivity index (χ0v) is 17.4. The largest absolute Gasteiger partial charge is 0.378 e. The van der Waals surface area contributed by atoms with Crippen LogP contribution in [-0.2, 0) is 0 Å². The Labute approximate surface area is 173 Å². The standard InChI is InChI=1S/C22H24N4O2S/c1-25(2)17-8-6-15(7-9-17)22(28)26-11-4-3-5-19(26)21-23-18(13-20(27)24-21)16-10-12-29-14-16/h6-10,12-14,19H,3-5,11H2,1-2H3,(H,23,24,27). The van der Waals surface area contributed by atoms with E-state index in [0.29, 0.717) is 23.6 Å². The van der Waals surface area contributed by atoms with Crippen LogP contribution in [0.5, 0.6) is 0 Å². The molecule has 1 amide bonds. The molecule has 150 valence electrons. The van der Waals surface area contributed by atoms with Gasteiger partial charge in [0.2, 0.25) is 0 Å². The lowest BCUT2D eigenvalue weighted by Crippen LogP contribution is -2.40. The first-order valence-corrected chi connectivity index (χ1v) is 10.7. The number of nitrogens with zero attached hydrogens (tertiary/aromatic N) is 3. The third-order valence-corrected chi connectivity index (χ3v) is 5.97. The van der Waals surface area contributed by atoms with Gasteiger partial charge in [-0.1, -0.05) is 0 Å². The maximum absolute atomic E-state index is 13.3. The SMILES string of the molecule is CN(C)c1ccc(C(=O)N2CCCCC2c2nc(-c3ccsc3)cc(=O)[nH]2)cc1. The summed E-state index contributed by atoms with van der Waals surface area (Å²) in [6.07, 6.45) is 2.74. The molecule has 4 rings (SSSR count). The molecule has 0 radical (unpaired) electrons. The van der Waals surface area contributed by atoms with Gasteiger partial charge in [0.15, 0.2) is 0 Å². The van der Waals surface area contributed by atoms with Crippen LogP contribution in [0.2, 0.25) is 0 Å². The molecule has 29 heavy (non-hydrogen) atoms. The van der Waals surface area contributed by atoms with Crippen LogP contribution in [0.4, 0.5) is 5.69 Å². The highest BCUT2D eigenvalue weighted by Gasteiger charge is 2.30. The fraction of sp³-hybridized carbons (Fsp3) is 0.318. The van der Waals surface area contributed by atoms with Crippen molar-refractivity contribution in [1.29, 1.82) is 0 Å². The Morgan fingerprint density at radius 3 is 2.69 bits per heavy atom. The number of piperidine rings is 1. The Bertz CT molecular complexity index is 1040. The molecule has 1 fully saturated rings. The van der Waals surface area contributed by atoms with Crippen LogP contribution in [0.1, 0.15) is 41.5 Å². The van der Waals surface area contributed by atoms with E-state index in [4.69, 9.17) is 4.98 Å². The molecule has 0 spiro atoms. The van der Waals surface area contributed by atoms with Gasteiger partial charge < -0.3 is 14.8 Å². The molecule has 0 bridgehead atoms. The molecule has 0 saturated carbocycles. The Balaban J connectivity index is 1.66. The summed E-state index contributed by atoms with van der Waals surface area (Å²) in [5, 5.41) is 3.94. The first-order valence-electron chi connectivity index (χ1n) is 9.75. The number of hydrogen-bond donors (Lipinski definition) is 1. The van der Waals surface area contributed by atoms with Crippen LogP contribution in [0.15, 0.2) is 52.0 Å². The molecule has 2 aromatic heterocycles. The highest BCUT2D eigenvalue weighted by atomic mass is 32.1. The van der Waals surface area contributed by atoms with Crippen molar-refractivity contribution in [2.24, 2.45) is 0 Å². The number of aromatic amines is 1. The van der Waals surface area contributed by atoms with Crippen LogP contribution in [-0.4, -0.2) is 41.4 Å². The summed E-state index contributed by atoms with van der Waals surface area (Å²) in [5.74, 6) is 0.542. The number of H-pyrrole nitrogens is 1. The zero-order chi connectivity index (χ0) is 20.4. The summed E-state index contributed by atoms with van der Waals surface area (Å²) in [4.78, 5) is 37.0. The summed E-state index contributed by atoms with van der Waals surface area (Å²) in [7, 11) is 3.94. The molecule has 1 atom stereocenters. The highest BCUT2D eigenvalue weighted by molar-refractivity contribution is 7.08. The van der Waals surface area contributed by atoms with Crippen molar-refractivity contribution in [2.45, 2.75) is 25.3 Å². The van der Waals surface area contributed by atoms with Crippen LogP contribution < -0.4 is 10.5 Å². The number of aromatic nitrogens is 2. The van der Waals surface area contributed by atoms with Crippen LogP contribution >= 0.6 is 11.3 Å². The van der Waals surface area contributed by atoms with Gasteiger partial charge in [-0.2, -0.15) is 11.3 Å². The number of anilines is 1. The Kier molecular flexibility index (Phi) is 5.49. The van der Waals surface area contributed by atoms with Gasteiger partial charge in [0.1, 0.15) is 5.82 Å². The molecule has 1 N–H and O–H groups in total. The molecular formula is C22H24N4O2S. The van der Waals surface area contributed by atoms with E-state index in [2.05, 4.69) is 4.98 Å². The van der Waals surface area contributed by atoms with Gasteiger partial charge in [-0.3, -0.25) is 9.59 Å². The van der Waals surface area contributed by atoms with E-state index in [0.717, 1.165) is 30.5 Å². The van der Waals surface area contributed by atoms with Crippen molar-refractivity contribution in [3.8, 4) is 11.3 Å². The van der Waals surface area contributed by atoms with Gasteiger partial charge >= 0.3 is 0 Å². The number of hydrogen-bond acceptors (Lipinski definition) is 5. The molecule has 0 aliphatic carbocycles. The maximum atomic E-state index is 13.3. The normalized spacial score (nSPS) is 16.6. The minimum absolute atomic E-state index is 0.0245. The first kappa shape index (κ1) is 19.4. The lowest BCUT2D eigenvalue weighted by molar-refractivity contribution is 0.0599. The van der Waals surface area contributed by atoms with E-state index < -0.39 is 0 Å². The summed E-state index contributed by atoms with van der Waals surface area (Å²) >= 11 is 1.57. The van der Waals surface area contributed by atoms with E-state index in [1.54, 1.807) is 11.3 Å². The second-order valence-electron chi connectivity index (χ2n) is 7.48. The molecule has 7 heteroatoms. The van der Waals surface area contributed by atoms with Crippen LogP contribution in [0.3, 0.4) is 0 Å². The fourth-order valence-corrected chi connectivity index (χ4v) is 4.37.